The molecule has 1 aliphatic carbocycles. The maximum atomic E-state index is 12.4. The number of aryl methyl sites for hydroxylation is 1. The number of amides is 1. The maximum absolute atomic E-state index is 12.4. The molecular weight excluding hydrogens is 266 g/mol. The standard InChI is InChI=1S/C12H19N3O3S/c1-9-7-13-8-11(9)12(16)15(10-3-4-10)6-5-14-19(2,17)18/h7-8,10,13-14H,3-6H2,1-2H3. The fourth-order valence-electron chi connectivity index (χ4n) is 2.01. The molecule has 1 amide bonds. The first-order valence-electron chi connectivity index (χ1n) is 6.27. The Morgan fingerprint density at radius 1 is 1.47 bits per heavy atom. The molecule has 0 bridgehead atoms. The molecule has 0 unspecified atom stereocenters. The van der Waals surface area contributed by atoms with Crippen LogP contribution in [-0.4, -0.2) is 49.6 Å². The van der Waals surface area contributed by atoms with Crippen molar-refractivity contribution in [3.8, 4) is 0 Å². The number of nitrogens with zero attached hydrogens (tertiary/aromatic N) is 1. The Balaban J connectivity index is 2.00. The van der Waals surface area contributed by atoms with Gasteiger partial charge in [0.2, 0.25) is 10.0 Å². The summed E-state index contributed by atoms with van der Waals surface area (Å²) in [5, 5.41) is 0. The topological polar surface area (TPSA) is 82.3 Å². The van der Waals surface area contributed by atoms with E-state index in [0.717, 1.165) is 24.7 Å². The molecule has 1 aromatic rings. The highest BCUT2D eigenvalue weighted by Crippen LogP contribution is 2.28. The van der Waals surface area contributed by atoms with Crippen molar-refractivity contribution < 1.29 is 13.2 Å². The molecule has 0 aliphatic heterocycles. The molecule has 0 aromatic carbocycles. The van der Waals surface area contributed by atoms with Gasteiger partial charge in [-0.3, -0.25) is 4.79 Å². The van der Waals surface area contributed by atoms with Crippen molar-refractivity contribution in [2.24, 2.45) is 0 Å². The van der Waals surface area contributed by atoms with E-state index in [1.807, 2.05) is 6.92 Å². The first-order chi connectivity index (χ1) is 8.88. The van der Waals surface area contributed by atoms with Crippen LogP contribution in [0.25, 0.3) is 0 Å². The predicted molar refractivity (Wildman–Crippen MR) is 72.4 cm³/mol. The Morgan fingerprint density at radius 3 is 2.63 bits per heavy atom. The molecule has 0 radical (unpaired) electrons. The van der Waals surface area contributed by atoms with Crippen LogP contribution in [0.2, 0.25) is 0 Å². The smallest absolute Gasteiger partial charge is 0.255 e. The van der Waals surface area contributed by atoms with E-state index in [2.05, 4.69) is 9.71 Å². The summed E-state index contributed by atoms with van der Waals surface area (Å²) in [6, 6.07) is 0.253. The van der Waals surface area contributed by atoms with Crippen molar-refractivity contribution in [1.29, 1.82) is 0 Å². The predicted octanol–water partition coefficient (Wildman–Crippen LogP) is 0.477. The summed E-state index contributed by atoms with van der Waals surface area (Å²) in [5.41, 5.74) is 1.57. The highest BCUT2D eigenvalue weighted by Gasteiger charge is 2.33. The van der Waals surface area contributed by atoms with Crippen molar-refractivity contribution in [1.82, 2.24) is 14.6 Å². The zero-order chi connectivity index (χ0) is 14.0. The molecule has 1 aromatic heterocycles. The Hall–Kier alpha value is -1.34. The lowest BCUT2D eigenvalue weighted by Crippen LogP contribution is -2.39. The lowest BCUT2D eigenvalue weighted by atomic mass is 10.2. The average molecular weight is 285 g/mol. The van der Waals surface area contributed by atoms with Crippen LogP contribution in [0.4, 0.5) is 0 Å². The minimum absolute atomic E-state index is 0.0310. The average Bonchev–Trinajstić information content (AvgIpc) is 3.05. The van der Waals surface area contributed by atoms with Gasteiger partial charge in [-0.2, -0.15) is 0 Å². The molecule has 2 N–H and O–H groups in total. The van der Waals surface area contributed by atoms with Crippen molar-refractivity contribution in [2.45, 2.75) is 25.8 Å². The normalized spacial score (nSPS) is 15.5. The first-order valence-corrected chi connectivity index (χ1v) is 8.16. The number of aromatic amines is 1. The third kappa shape index (κ3) is 3.81. The van der Waals surface area contributed by atoms with E-state index in [4.69, 9.17) is 0 Å². The zero-order valence-corrected chi connectivity index (χ0v) is 12.0. The largest absolute Gasteiger partial charge is 0.367 e. The van der Waals surface area contributed by atoms with Gasteiger partial charge in [-0.25, -0.2) is 13.1 Å². The molecule has 1 aliphatic rings. The lowest BCUT2D eigenvalue weighted by molar-refractivity contribution is 0.0746. The first kappa shape index (κ1) is 14.1. The van der Waals surface area contributed by atoms with Crippen LogP contribution < -0.4 is 4.72 Å². The number of nitrogens with one attached hydrogen (secondary N) is 2. The Morgan fingerprint density at radius 2 is 2.16 bits per heavy atom. The van der Waals surface area contributed by atoms with Gasteiger partial charge in [0.15, 0.2) is 0 Å². The molecule has 1 fully saturated rings. The van der Waals surface area contributed by atoms with Crippen LogP contribution in [0.1, 0.15) is 28.8 Å². The lowest BCUT2D eigenvalue weighted by Gasteiger charge is -2.22. The van der Waals surface area contributed by atoms with E-state index < -0.39 is 10.0 Å². The quantitative estimate of drug-likeness (QED) is 0.797. The number of carbonyl (C=O) groups is 1. The Labute approximate surface area is 113 Å². The van der Waals surface area contributed by atoms with Crippen molar-refractivity contribution in [2.75, 3.05) is 19.3 Å². The highest BCUT2D eigenvalue weighted by molar-refractivity contribution is 7.88. The summed E-state index contributed by atoms with van der Waals surface area (Å²) >= 11 is 0. The fraction of sp³-hybridized carbons (Fsp3) is 0.583. The van der Waals surface area contributed by atoms with E-state index in [0.29, 0.717) is 12.1 Å². The van der Waals surface area contributed by atoms with Crippen LogP contribution in [-0.2, 0) is 10.0 Å². The number of hydrogen-bond acceptors (Lipinski definition) is 3. The number of carbonyl (C=O) groups excluding carboxylic acids is 1. The van der Waals surface area contributed by atoms with E-state index in [9.17, 15) is 13.2 Å². The summed E-state index contributed by atoms with van der Waals surface area (Å²) in [5.74, 6) is -0.0310. The molecule has 7 heteroatoms. The Bertz CT molecular complexity index is 561. The van der Waals surface area contributed by atoms with Crippen LogP contribution in [0.15, 0.2) is 12.4 Å². The summed E-state index contributed by atoms with van der Waals surface area (Å²) in [6.45, 7) is 2.54. The molecule has 19 heavy (non-hydrogen) atoms. The summed E-state index contributed by atoms with van der Waals surface area (Å²) in [6.07, 6.45) is 6.58. The second-order valence-corrected chi connectivity index (χ2v) is 6.78. The van der Waals surface area contributed by atoms with Gasteiger partial charge in [0.05, 0.1) is 11.8 Å². The SMILES string of the molecule is Cc1c[nH]cc1C(=O)N(CCNS(C)(=O)=O)C1CC1. The third-order valence-electron chi connectivity index (χ3n) is 3.15. The van der Waals surface area contributed by atoms with Gasteiger partial charge < -0.3 is 9.88 Å². The minimum atomic E-state index is -3.21. The van der Waals surface area contributed by atoms with Crippen LogP contribution in [0.5, 0.6) is 0 Å². The molecule has 0 saturated heterocycles. The van der Waals surface area contributed by atoms with E-state index >= 15 is 0 Å². The Kier molecular flexibility index (Phi) is 3.96. The molecule has 106 valence electrons. The van der Waals surface area contributed by atoms with Gasteiger partial charge in [-0.1, -0.05) is 0 Å². The number of H-pyrrole nitrogens is 1. The van der Waals surface area contributed by atoms with Crippen LogP contribution in [0, 0.1) is 6.92 Å². The van der Waals surface area contributed by atoms with Gasteiger partial charge in [0.25, 0.3) is 5.91 Å². The van der Waals surface area contributed by atoms with E-state index in [1.54, 1.807) is 17.3 Å². The second-order valence-electron chi connectivity index (χ2n) is 4.95. The van der Waals surface area contributed by atoms with Gasteiger partial charge in [-0.05, 0) is 25.3 Å². The molecule has 6 nitrogen and oxygen atoms in total. The summed E-state index contributed by atoms with van der Waals surface area (Å²) < 4.78 is 24.5. The molecule has 1 saturated carbocycles. The van der Waals surface area contributed by atoms with Crippen molar-refractivity contribution in [3.05, 3.63) is 23.5 Å². The third-order valence-corrected chi connectivity index (χ3v) is 3.88. The molecule has 0 atom stereocenters. The fourth-order valence-corrected chi connectivity index (χ4v) is 2.48. The van der Waals surface area contributed by atoms with Gasteiger partial charge in [0, 0.05) is 31.5 Å². The molecule has 0 spiro atoms. The second kappa shape index (κ2) is 5.34. The number of hydrogen-bond donors (Lipinski definition) is 2. The number of rotatable bonds is 6. The maximum Gasteiger partial charge on any atom is 0.255 e. The van der Waals surface area contributed by atoms with E-state index in [1.165, 1.54) is 0 Å². The summed E-state index contributed by atoms with van der Waals surface area (Å²) in [7, 11) is -3.21. The van der Waals surface area contributed by atoms with E-state index in [-0.39, 0.29) is 18.5 Å². The summed E-state index contributed by atoms with van der Waals surface area (Å²) in [4.78, 5) is 17.1. The molecule has 2 rings (SSSR count). The van der Waals surface area contributed by atoms with Gasteiger partial charge in [0.1, 0.15) is 0 Å². The monoisotopic (exact) mass is 285 g/mol. The minimum Gasteiger partial charge on any atom is -0.367 e. The molecular formula is C12H19N3O3S. The van der Waals surface area contributed by atoms with Crippen LogP contribution >= 0.6 is 0 Å². The zero-order valence-electron chi connectivity index (χ0n) is 11.1. The molecule has 1 heterocycles. The van der Waals surface area contributed by atoms with Gasteiger partial charge in [-0.15, -0.1) is 0 Å². The van der Waals surface area contributed by atoms with Crippen molar-refractivity contribution >= 4 is 15.9 Å². The number of aromatic nitrogens is 1. The van der Waals surface area contributed by atoms with Gasteiger partial charge >= 0.3 is 0 Å². The van der Waals surface area contributed by atoms with Crippen LogP contribution in [0.3, 0.4) is 0 Å². The highest BCUT2D eigenvalue weighted by atomic mass is 32.2. The number of sulfonamides is 1. The van der Waals surface area contributed by atoms with Crippen molar-refractivity contribution in [3.63, 3.8) is 0 Å².